The first-order valence-corrected chi connectivity index (χ1v) is 9.80. The summed E-state index contributed by atoms with van der Waals surface area (Å²) >= 11 is 0. The molecule has 0 spiro atoms. The summed E-state index contributed by atoms with van der Waals surface area (Å²) in [5.74, 6) is 0.335. The second kappa shape index (κ2) is 8.77. The van der Waals surface area contributed by atoms with E-state index in [4.69, 9.17) is 4.52 Å². The molecule has 0 aliphatic carbocycles. The molecule has 7 nitrogen and oxygen atoms in total. The Morgan fingerprint density at radius 1 is 1.35 bits per heavy atom. The minimum atomic E-state index is -3.77. The first-order chi connectivity index (χ1) is 12.3. The van der Waals surface area contributed by atoms with Gasteiger partial charge in [-0.05, 0) is 31.9 Å². The number of benzene rings is 1. The van der Waals surface area contributed by atoms with Crippen molar-refractivity contribution in [3.63, 3.8) is 0 Å². The fourth-order valence-corrected chi connectivity index (χ4v) is 3.69. The highest BCUT2D eigenvalue weighted by Gasteiger charge is 2.27. The zero-order valence-corrected chi connectivity index (χ0v) is 15.9. The third kappa shape index (κ3) is 5.53. The number of amides is 1. The Morgan fingerprint density at radius 2 is 2.04 bits per heavy atom. The van der Waals surface area contributed by atoms with Crippen LogP contribution in [0.25, 0.3) is 6.08 Å². The average Bonchev–Trinajstić information content (AvgIpc) is 3.03. The van der Waals surface area contributed by atoms with Gasteiger partial charge in [-0.3, -0.25) is 4.79 Å². The van der Waals surface area contributed by atoms with Crippen LogP contribution in [0.3, 0.4) is 0 Å². The van der Waals surface area contributed by atoms with Crippen LogP contribution < -0.4 is 5.32 Å². The van der Waals surface area contributed by atoms with Gasteiger partial charge in [0.2, 0.25) is 15.9 Å². The molecule has 1 aromatic heterocycles. The molecule has 1 aromatic carbocycles. The lowest BCUT2D eigenvalue weighted by Gasteiger charge is -2.25. The number of sulfonamides is 1. The third-order valence-corrected chi connectivity index (χ3v) is 5.46. The molecular weight excluding hydrogens is 354 g/mol. The first-order valence-electron chi connectivity index (χ1n) is 8.30. The summed E-state index contributed by atoms with van der Waals surface area (Å²) in [7, 11) is -3.77. The first kappa shape index (κ1) is 19.9. The Balaban J connectivity index is 2.14. The normalized spacial score (nSPS) is 13.2. The monoisotopic (exact) mass is 377 g/mol. The number of aromatic nitrogens is 1. The number of anilines is 1. The molecule has 2 rings (SSSR count). The van der Waals surface area contributed by atoms with Crippen LogP contribution in [0.15, 0.2) is 46.3 Å². The Hall–Kier alpha value is -2.45. The van der Waals surface area contributed by atoms with E-state index in [1.54, 1.807) is 32.0 Å². The highest BCUT2D eigenvalue weighted by atomic mass is 32.2. The Morgan fingerprint density at radius 3 is 2.62 bits per heavy atom. The van der Waals surface area contributed by atoms with Crippen molar-refractivity contribution >= 4 is 27.8 Å². The molecule has 8 heteroatoms. The summed E-state index contributed by atoms with van der Waals surface area (Å²) < 4.78 is 31.5. The van der Waals surface area contributed by atoms with Crippen molar-refractivity contribution in [2.45, 2.75) is 33.2 Å². The van der Waals surface area contributed by atoms with Gasteiger partial charge in [0.15, 0.2) is 5.82 Å². The van der Waals surface area contributed by atoms with E-state index in [0.717, 1.165) is 11.0 Å². The van der Waals surface area contributed by atoms with Gasteiger partial charge < -0.3 is 9.84 Å². The summed E-state index contributed by atoms with van der Waals surface area (Å²) in [6.45, 7) is 5.03. The van der Waals surface area contributed by atoms with Crippen LogP contribution in [-0.4, -0.2) is 36.4 Å². The maximum Gasteiger partial charge on any atom is 0.240 e. The second-order valence-electron chi connectivity index (χ2n) is 5.93. The number of carbonyl (C=O) groups excluding carboxylic acids is 1. The highest BCUT2D eigenvalue weighted by Crippen LogP contribution is 2.15. The van der Waals surface area contributed by atoms with E-state index in [9.17, 15) is 13.2 Å². The Bertz CT molecular complexity index is 860. The van der Waals surface area contributed by atoms with Gasteiger partial charge in [-0.2, -0.15) is 4.31 Å². The molecule has 0 radical (unpaired) electrons. The van der Waals surface area contributed by atoms with Crippen molar-refractivity contribution in [3.05, 3.63) is 53.1 Å². The van der Waals surface area contributed by atoms with E-state index in [-0.39, 0.29) is 18.4 Å². The number of aryl methyl sites for hydroxylation is 1. The molecule has 0 saturated carbocycles. The average molecular weight is 377 g/mol. The van der Waals surface area contributed by atoms with Gasteiger partial charge >= 0.3 is 0 Å². The molecule has 26 heavy (non-hydrogen) atoms. The molecule has 0 aliphatic heterocycles. The van der Waals surface area contributed by atoms with Gasteiger partial charge in [-0.25, -0.2) is 8.42 Å². The van der Waals surface area contributed by atoms with Crippen LogP contribution in [0.5, 0.6) is 0 Å². The number of carbonyl (C=O) groups is 1. The summed E-state index contributed by atoms with van der Waals surface area (Å²) in [4.78, 5) is 12.3. The van der Waals surface area contributed by atoms with E-state index in [2.05, 4.69) is 10.5 Å². The number of hydrogen-bond donors (Lipinski definition) is 1. The van der Waals surface area contributed by atoms with Gasteiger partial charge in [-0.15, -0.1) is 0 Å². The predicted molar refractivity (Wildman–Crippen MR) is 101 cm³/mol. The van der Waals surface area contributed by atoms with E-state index in [1.165, 1.54) is 10.4 Å². The minimum absolute atomic E-state index is 0.258. The van der Waals surface area contributed by atoms with Crippen molar-refractivity contribution in [3.8, 4) is 0 Å². The smallest absolute Gasteiger partial charge is 0.240 e. The Kier molecular flexibility index (Phi) is 6.70. The third-order valence-electron chi connectivity index (χ3n) is 3.84. The van der Waals surface area contributed by atoms with E-state index in [1.807, 2.05) is 25.1 Å². The standard InChI is InChI=1S/C18H23N3O4S/c1-4-14(2)21(13-18(22)19-17-12-15(3)25-20-17)26(23,24)11-10-16-8-6-5-7-9-16/h5-12,14H,4,13H2,1-3H3,(H,19,20,22)/b11-10+. The topological polar surface area (TPSA) is 92.5 Å². The fourth-order valence-electron chi connectivity index (χ4n) is 2.26. The van der Waals surface area contributed by atoms with Crippen molar-refractivity contribution < 1.29 is 17.7 Å². The minimum Gasteiger partial charge on any atom is -0.360 e. The van der Waals surface area contributed by atoms with E-state index in [0.29, 0.717) is 12.2 Å². The molecular formula is C18H23N3O4S. The Labute approximate surface area is 153 Å². The molecule has 0 saturated heterocycles. The number of hydrogen-bond acceptors (Lipinski definition) is 5. The van der Waals surface area contributed by atoms with Gasteiger partial charge in [0, 0.05) is 17.5 Å². The van der Waals surface area contributed by atoms with Crippen LogP contribution >= 0.6 is 0 Å². The SMILES string of the molecule is CCC(C)N(CC(=O)Nc1cc(C)on1)S(=O)(=O)/C=C/c1ccccc1. The second-order valence-corrected chi connectivity index (χ2v) is 7.70. The molecule has 1 atom stereocenters. The van der Waals surface area contributed by atoms with Gasteiger partial charge in [0.05, 0.1) is 6.54 Å². The molecule has 0 bridgehead atoms. The summed E-state index contributed by atoms with van der Waals surface area (Å²) in [5.41, 5.74) is 0.766. The maximum absolute atomic E-state index is 12.7. The van der Waals surface area contributed by atoms with E-state index < -0.39 is 15.9 Å². The van der Waals surface area contributed by atoms with Crippen LogP contribution in [0.1, 0.15) is 31.6 Å². The fraction of sp³-hybridized carbons (Fsp3) is 0.333. The summed E-state index contributed by atoms with van der Waals surface area (Å²) in [5, 5.41) is 7.35. The molecule has 140 valence electrons. The van der Waals surface area contributed by atoms with Crippen molar-refractivity contribution in [1.82, 2.24) is 9.46 Å². The van der Waals surface area contributed by atoms with Crippen molar-refractivity contribution in [1.29, 1.82) is 0 Å². The van der Waals surface area contributed by atoms with E-state index >= 15 is 0 Å². The quantitative estimate of drug-likeness (QED) is 0.763. The molecule has 1 heterocycles. The zero-order valence-electron chi connectivity index (χ0n) is 15.0. The lowest BCUT2D eigenvalue weighted by molar-refractivity contribution is -0.116. The van der Waals surface area contributed by atoms with Crippen molar-refractivity contribution in [2.24, 2.45) is 0 Å². The van der Waals surface area contributed by atoms with Crippen LogP contribution in [0, 0.1) is 6.92 Å². The zero-order chi connectivity index (χ0) is 19.2. The van der Waals surface area contributed by atoms with Crippen LogP contribution in [0.2, 0.25) is 0 Å². The summed E-state index contributed by atoms with van der Waals surface area (Å²) in [6, 6.07) is 10.4. The molecule has 2 aromatic rings. The molecule has 1 amide bonds. The van der Waals surface area contributed by atoms with Gasteiger partial charge in [0.1, 0.15) is 5.76 Å². The lowest BCUT2D eigenvalue weighted by Crippen LogP contribution is -2.42. The summed E-state index contributed by atoms with van der Waals surface area (Å²) in [6.07, 6.45) is 2.10. The van der Waals surface area contributed by atoms with Gasteiger partial charge in [0.25, 0.3) is 0 Å². The number of nitrogens with zero attached hydrogens (tertiary/aromatic N) is 2. The highest BCUT2D eigenvalue weighted by molar-refractivity contribution is 7.92. The van der Waals surface area contributed by atoms with Crippen LogP contribution in [-0.2, 0) is 14.8 Å². The van der Waals surface area contributed by atoms with Crippen molar-refractivity contribution in [2.75, 3.05) is 11.9 Å². The molecule has 1 unspecified atom stereocenters. The number of nitrogens with one attached hydrogen (secondary N) is 1. The molecule has 0 aliphatic rings. The maximum atomic E-state index is 12.7. The molecule has 1 N–H and O–H groups in total. The lowest BCUT2D eigenvalue weighted by atomic mass is 10.2. The largest absolute Gasteiger partial charge is 0.360 e. The van der Waals surface area contributed by atoms with Gasteiger partial charge in [-0.1, -0.05) is 42.4 Å². The number of rotatable bonds is 8. The molecule has 0 fully saturated rings. The predicted octanol–water partition coefficient (Wildman–Crippen LogP) is 3.02. The van der Waals surface area contributed by atoms with Crippen LogP contribution in [0.4, 0.5) is 5.82 Å².